The van der Waals surface area contributed by atoms with E-state index in [1.54, 1.807) is 12.1 Å². The largest absolute Gasteiger partial charge is 0.350 e. The molecule has 2 rings (SSSR count). The van der Waals surface area contributed by atoms with E-state index >= 15 is 0 Å². The van der Waals surface area contributed by atoms with Crippen LogP contribution < -0.4 is 4.72 Å². The zero-order chi connectivity index (χ0) is 12.8. The normalized spacial score (nSPS) is 17.1. The number of benzene rings is 1. The molecule has 1 aliphatic rings. The predicted molar refractivity (Wildman–Crippen MR) is 67.4 cm³/mol. The number of rotatable bonds is 6. The van der Waals surface area contributed by atoms with Gasteiger partial charge in [-0.2, -0.15) is 0 Å². The van der Waals surface area contributed by atoms with E-state index in [0.29, 0.717) is 26.2 Å². The van der Waals surface area contributed by atoms with Gasteiger partial charge in [0.1, 0.15) is 0 Å². The average Bonchev–Trinajstić information content (AvgIpc) is 2.82. The van der Waals surface area contributed by atoms with Gasteiger partial charge in [0, 0.05) is 13.0 Å². The Labute approximate surface area is 107 Å². The van der Waals surface area contributed by atoms with Gasteiger partial charge in [0.05, 0.1) is 19.0 Å². The van der Waals surface area contributed by atoms with Gasteiger partial charge < -0.3 is 9.47 Å². The molecule has 1 aromatic rings. The highest BCUT2D eigenvalue weighted by Gasteiger charge is 2.17. The second-order valence-electron chi connectivity index (χ2n) is 4.10. The first-order valence-electron chi connectivity index (χ1n) is 5.90. The van der Waals surface area contributed by atoms with Gasteiger partial charge in [-0.1, -0.05) is 30.3 Å². The number of ether oxygens (including phenoxy) is 2. The molecule has 100 valence electrons. The number of sulfonamides is 1. The molecule has 0 atom stereocenters. The van der Waals surface area contributed by atoms with E-state index in [1.165, 1.54) is 0 Å². The quantitative estimate of drug-likeness (QED) is 0.834. The van der Waals surface area contributed by atoms with Crippen molar-refractivity contribution >= 4 is 10.0 Å². The Bertz CT molecular complexity index is 454. The molecule has 6 heteroatoms. The van der Waals surface area contributed by atoms with Crippen molar-refractivity contribution in [3.63, 3.8) is 0 Å². The molecule has 1 heterocycles. The Kier molecular flexibility index (Phi) is 4.71. The van der Waals surface area contributed by atoms with Crippen LogP contribution in [-0.2, 0) is 25.2 Å². The second-order valence-corrected chi connectivity index (χ2v) is 5.91. The van der Waals surface area contributed by atoms with Crippen LogP contribution in [-0.4, -0.2) is 34.5 Å². The molecule has 0 saturated carbocycles. The summed E-state index contributed by atoms with van der Waals surface area (Å²) >= 11 is 0. The molecule has 18 heavy (non-hydrogen) atoms. The number of nitrogens with one attached hydrogen (secondary N) is 1. The summed E-state index contributed by atoms with van der Waals surface area (Å²) in [7, 11) is -3.29. The predicted octanol–water partition coefficient (Wildman–Crippen LogP) is 0.869. The van der Waals surface area contributed by atoms with E-state index in [1.807, 2.05) is 18.2 Å². The molecule has 0 bridgehead atoms. The fraction of sp³-hybridized carbons (Fsp3) is 0.500. The van der Waals surface area contributed by atoms with Crippen LogP contribution in [0.5, 0.6) is 0 Å². The second kappa shape index (κ2) is 6.29. The summed E-state index contributed by atoms with van der Waals surface area (Å²) in [4.78, 5) is 0. The molecular formula is C12H17NO4S. The van der Waals surface area contributed by atoms with Gasteiger partial charge in [0.15, 0.2) is 6.29 Å². The maximum atomic E-state index is 11.8. The summed E-state index contributed by atoms with van der Waals surface area (Å²) in [6.07, 6.45) is 0.262. The third kappa shape index (κ3) is 4.38. The lowest BCUT2D eigenvalue weighted by Gasteiger charge is -2.10. The van der Waals surface area contributed by atoms with Crippen molar-refractivity contribution in [2.24, 2.45) is 0 Å². The van der Waals surface area contributed by atoms with Crippen LogP contribution in [0.3, 0.4) is 0 Å². The minimum absolute atomic E-state index is 0.000219. The van der Waals surface area contributed by atoms with E-state index in [2.05, 4.69) is 4.72 Å². The first kappa shape index (κ1) is 13.5. The molecule has 1 fully saturated rings. The Morgan fingerprint density at radius 1 is 1.17 bits per heavy atom. The minimum Gasteiger partial charge on any atom is -0.350 e. The lowest BCUT2D eigenvalue weighted by atomic mass is 10.2. The van der Waals surface area contributed by atoms with Crippen LogP contribution in [0, 0.1) is 0 Å². The molecule has 0 unspecified atom stereocenters. The third-order valence-corrected chi connectivity index (χ3v) is 3.95. The fourth-order valence-corrected chi connectivity index (χ4v) is 2.91. The maximum Gasteiger partial charge on any atom is 0.215 e. The van der Waals surface area contributed by atoms with Gasteiger partial charge in [0.2, 0.25) is 10.0 Å². The number of hydrogen-bond acceptors (Lipinski definition) is 4. The molecule has 0 aromatic heterocycles. The Hall–Kier alpha value is -0.950. The number of hydrogen-bond donors (Lipinski definition) is 1. The lowest BCUT2D eigenvalue weighted by Crippen LogP contribution is -2.28. The highest BCUT2D eigenvalue weighted by Crippen LogP contribution is 2.08. The first-order valence-corrected chi connectivity index (χ1v) is 7.55. The van der Waals surface area contributed by atoms with Crippen LogP contribution >= 0.6 is 0 Å². The molecule has 1 N–H and O–H groups in total. The van der Waals surface area contributed by atoms with Gasteiger partial charge in [-0.25, -0.2) is 13.1 Å². The SMILES string of the molecule is O=S(=O)(Cc1ccccc1)NCCC1OCCO1. The fourth-order valence-electron chi connectivity index (χ4n) is 1.75. The molecule has 5 nitrogen and oxygen atoms in total. The van der Waals surface area contributed by atoms with Crippen LogP contribution in [0.4, 0.5) is 0 Å². The maximum absolute atomic E-state index is 11.8. The lowest BCUT2D eigenvalue weighted by molar-refractivity contribution is -0.0451. The highest BCUT2D eigenvalue weighted by atomic mass is 32.2. The van der Waals surface area contributed by atoms with E-state index in [-0.39, 0.29) is 12.0 Å². The van der Waals surface area contributed by atoms with Crippen molar-refractivity contribution < 1.29 is 17.9 Å². The third-order valence-electron chi connectivity index (χ3n) is 2.59. The van der Waals surface area contributed by atoms with Gasteiger partial charge in [-0.05, 0) is 5.56 Å². The van der Waals surface area contributed by atoms with Crippen molar-refractivity contribution in [1.82, 2.24) is 4.72 Å². The van der Waals surface area contributed by atoms with Crippen molar-refractivity contribution in [2.45, 2.75) is 18.5 Å². The first-order chi connectivity index (χ1) is 8.66. The van der Waals surface area contributed by atoms with Crippen molar-refractivity contribution in [3.05, 3.63) is 35.9 Å². The smallest absolute Gasteiger partial charge is 0.215 e. The summed E-state index contributed by atoms with van der Waals surface area (Å²) < 4.78 is 36.6. The van der Waals surface area contributed by atoms with Gasteiger partial charge >= 0.3 is 0 Å². The molecule has 0 spiro atoms. The molecule has 1 aromatic carbocycles. The Balaban J connectivity index is 1.77. The summed E-state index contributed by atoms with van der Waals surface area (Å²) in [6.45, 7) is 1.50. The average molecular weight is 271 g/mol. The van der Waals surface area contributed by atoms with Crippen molar-refractivity contribution in [2.75, 3.05) is 19.8 Å². The van der Waals surface area contributed by atoms with Crippen LogP contribution in [0.2, 0.25) is 0 Å². The highest BCUT2D eigenvalue weighted by molar-refractivity contribution is 7.88. The zero-order valence-corrected chi connectivity index (χ0v) is 10.9. The molecular weight excluding hydrogens is 254 g/mol. The van der Waals surface area contributed by atoms with E-state index < -0.39 is 10.0 Å². The van der Waals surface area contributed by atoms with Gasteiger partial charge in [-0.3, -0.25) is 0 Å². The van der Waals surface area contributed by atoms with E-state index in [4.69, 9.17) is 9.47 Å². The van der Waals surface area contributed by atoms with E-state index in [0.717, 1.165) is 5.56 Å². The standard InChI is InChI=1S/C12H17NO4S/c14-18(15,10-11-4-2-1-3-5-11)13-7-6-12-16-8-9-17-12/h1-5,12-13H,6-10H2. The summed E-state index contributed by atoms with van der Waals surface area (Å²) in [6, 6.07) is 9.10. The molecule has 0 aliphatic carbocycles. The van der Waals surface area contributed by atoms with Crippen LogP contribution in [0.1, 0.15) is 12.0 Å². The zero-order valence-electron chi connectivity index (χ0n) is 10.0. The minimum atomic E-state index is -3.29. The molecule has 0 amide bonds. The van der Waals surface area contributed by atoms with Crippen molar-refractivity contribution in [3.8, 4) is 0 Å². The van der Waals surface area contributed by atoms with E-state index in [9.17, 15) is 8.42 Å². The van der Waals surface area contributed by atoms with Crippen LogP contribution in [0.25, 0.3) is 0 Å². The van der Waals surface area contributed by atoms with Gasteiger partial charge in [-0.15, -0.1) is 0 Å². The summed E-state index contributed by atoms with van der Waals surface area (Å²) in [5, 5.41) is 0. The Morgan fingerprint density at radius 2 is 1.83 bits per heavy atom. The molecule has 1 aliphatic heterocycles. The summed E-state index contributed by atoms with van der Waals surface area (Å²) in [5.41, 5.74) is 0.776. The molecule has 1 saturated heterocycles. The monoisotopic (exact) mass is 271 g/mol. The van der Waals surface area contributed by atoms with Crippen LogP contribution in [0.15, 0.2) is 30.3 Å². The Morgan fingerprint density at radius 3 is 2.50 bits per heavy atom. The molecule has 0 radical (unpaired) electrons. The van der Waals surface area contributed by atoms with Crippen molar-refractivity contribution in [1.29, 1.82) is 0 Å². The van der Waals surface area contributed by atoms with Gasteiger partial charge in [0.25, 0.3) is 0 Å². The summed E-state index contributed by atoms with van der Waals surface area (Å²) in [5.74, 6) is 0.000219. The topological polar surface area (TPSA) is 64.6 Å².